The van der Waals surface area contributed by atoms with E-state index < -0.39 is 0 Å². The molecule has 0 amide bonds. The van der Waals surface area contributed by atoms with Crippen molar-refractivity contribution in [2.24, 2.45) is 5.73 Å². The summed E-state index contributed by atoms with van der Waals surface area (Å²) < 4.78 is 2.09. The molecule has 0 aliphatic carbocycles. The molecule has 0 atom stereocenters. The van der Waals surface area contributed by atoms with Crippen molar-refractivity contribution in [3.8, 4) is 11.8 Å². The van der Waals surface area contributed by atoms with Crippen LogP contribution < -0.4 is 11.2 Å². The Morgan fingerprint density at radius 3 is 2.95 bits per heavy atom. The molecular formula is C17H14N2OS. The highest BCUT2D eigenvalue weighted by Crippen LogP contribution is 2.18. The standard InChI is InChI=1S/C17H14N2OS/c18-8-3-4-13-10-14(21-12-13)11-19-9-7-17(20)15-5-1-2-6-16(15)19/h1-2,5-7,9-10,12H,8,11,18H2. The Balaban J connectivity index is 1.97. The number of rotatable bonds is 2. The van der Waals surface area contributed by atoms with E-state index in [-0.39, 0.29) is 5.43 Å². The lowest BCUT2D eigenvalue weighted by Crippen LogP contribution is -2.07. The summed E-state index contributed by atoms with van der Waals surface area (Å²) in [5.74, 6) is 5.89. The minimum absolute atomic E-state index is 0.0579. The van der Waals surface area contributed by atoms with Gasteiger partial charge in [-0.25, -0.2) is 0 Å². The first kappa shape index (κ1) is 13.6. The van der Waals surface area contributed by atoms with E-state index in [2.05, 4.69) is 22.5 Å². The van der Waals surface area contributed by atoms with Crippen molar-refractivity contribution in [1.29, 1.82) is 0 Å². The fraction of sp³-hybridized carbons (Fsp3) is 0.118. The third kappa shape index (κ3) is 2.89. The summed E-state index contributed by atoms with van der Waals surface area (Å²) in [6, 6.07) is 11.4. The number of aromatic nitrogens is 1. The zero-order chi connectivity index (χ0) is 14.7. The van der Waals surface area contributed by atoms with E-state index in [0.29, 0.717) is 6.54 Å². The van der Waals surface area contributed by atoms with Gasteiger partial charge >= 0.3 is 0 Å². The van der Waals surface area contributed by atoms with Crippen molar-refractivity contribution in [3.63, 3.8) is 0 Å². The highest BCUT2D eigenvalue weighted by Gasteiger charge is 2.04. The number of hydrogen-bond acceptors (Lipinski definition) is 3. The first-order valence-electron chi connectivity index (χ1n) is 6.62. The van der Waals surface area contributed by atoms with Crippen LogP contribution in [-0.2, 0) is 6.54 Å². The molecule has 0 aliphatic rings. The van der Waals surface area contributed by atoms with Gasteiger partial charge in [0.2, 0.25) is 0 Å². The van der Waals surface area contributed by atoms with Gasteiger partial charge in [0.05, 0.1) is 18.6 Å². The molecule has 0 bridgehead atoms. The number of pyridine rings is 1. The number of benzene rings is 1. The molecule has 2 aromatic heterocycles. The van der Waals surface area contributed by atoms with E-state index in [1.165, 1.54) is 4.88 Å². The SMILES string of the molecule is NCC#Cc1csc(Cn2ccc(=O)c3ccccc32)c1. The number of nitrogens with zero attached hydrogens (tertiary/aromatic N) is 1. The Morgan fingerprint density at radius 1 is 1.24 bits per heavy atom. The molecule has 3 aromatic rings. The molecule has 0 radical (unpaired) electrons. The summed E-state index contributed by atoms with van der Waals surface area (Å²) in [6.45, 7) is 1.10. The van der Waals surface area contributed by atoms with Crippen LogP contribution in [0.2, 0.25) is 0 Å². The Labute approximate surface area is 126 Å². The fourth-order valence-corrected chi connectivity index (χ4v) is 3.06. The quantitative estimate of drug-likeness (QED) is 0.738. The molecule has 0 saturated heterocycles. The number of nitrogens with two attached hydrogens (primary N) is 1. The van der Waals surface area contributed by atoms with Gasteiger partial charge in [-0.3, -0.25) is 4.79 Å². The second-order valence-electron chi connectivity index (χ2n) is 4.63. The highest BCUT2D eigenvalue weighted by atomic mass is 32.1. The van der Waals surface area contributed by atoms with E-state index in [1.54, 1.807) is 17.4 Å². The van der Waals surface area contributed by atoms with E-state index in [9.17, 15) is 4.79 Å². The second-order valence-corrected chi connectivity index (χ2v) is 5.63. The molecular weight excluding hydrogens is 280 g/mol. The van der Waals surface area contributed by atoms with Crippen LogP contribution in [0.4, 0.5) is 0 Å². The molecule has 0 saturated carbocycles. The maximum Gasteiger partial charge on any atom is 0.189 e. The van der Waals surface area contributed by atoms with Crippen molar-refractivity contribution < 1.29 is 0 Å². The molecule has 0 fully saturated rings. The van der Waals surface area contributed by atoms with Crippen LogP contribution in [0, 0.1) is 11.8 Å². The minimum atomic E-state index is 0.0579. The van der Waals surface area contributed by atoms with Crippen molar-refractivity contribution in [1.82, 2.24) is 4.57 Å². The average molecular weight is 294 g/mol. The van der Waals surface area contributed by atoms with Crippen LogP contribution in [0.5, 0.6) is 0 Å². The van der Waals surface area contributed by atoms with Crippen molar-refractivity contribution in [2.45, 2.75) is 6.54 Å². The van der Waals surface area contributed by atoms with Gasteiger partial charge in [-0.05, 0) is 18.2 Å². The largest absolute Gasteiger partial charge is 0.342 e. The molecule has 2 heterocycles. The zero-order valence-corrected chi connectivity index (χ0v) is 12.2. The van der Waals surface area contributed by atoms with Crippen LogP contribution in [-0.4, -0.2) is 11.1 Å². The Bertz CT molecular complexity index is 896. The molecule has 0 spiro atoms. The van der Waals surface area contributed by atoms with Gasteiger partial charge in [-0.2, -0.15) is 0 Å². The van der Waals surface area contributed by atoms with E-state index in [1.807, 2.05) is 35.8 Å². The maximum absolute atomic E-state index is 11.9. The van der Waals surface area contributed by atoms with Crippen molar-refractivity contribution >= 4 is 22.2 Å². The molecule has 3 rings (SSSR count). The summed E-state index contributed by atoms with van der Waals surface area (Å²) in [6.07, 6.45) is 1.84. The van der Waals surface area contributed by atoms with Gasteiger partial charge in [0.1, 0.15) is 0 Å². The molecule has 104 valence electrons. The van der Waals surface area contributed by atoms with E-state index in [0.717, 1.165) is 23.0 Å². The van der Waals surface area contributed by atoms with Crippen LogP contribution in [0.25, 0.3) is 10.9 Å². The van der Waals surface area contributed by atoms with Gasteiger partial charge in [0, 0.05) is 33.5 Å². The highest BCUT2D eigenvalue weighted by molar-refractivity contribution is 7.10. The number of hydrogen-bond donors (Lipinski definition) is 1. The molecule has 2 N–H and O–H groups in total. The van der Waals surface area contributed by atoms with Crippen LogP contribution >= 0.6 is 11.3 Å². The Kier molecular flexibility index (Phi) is 3.87. The first-order valence-corrected chi connectivity index (χ1v) is 7.50. The predicted molar refractivity (Wildman–Crippen MR) is 87.6 cm³/mol. The average Bonchev–Trinajstić information content (AvgIpc) is 2.96. The monoisotopic (exact) mass is 294 g/mol. The Hall–Kier alpha value is -2.35. The summed E-state index contributed by atoms with van der Waals surface area (Å²) in [5, 5.41) is 2.78. The molecule has 1 aromatic carbocycles. The lowest BCUT2D eigenvalue weighted by Gasteiger charge is -2.08. The predicted octanol–water partition coefficient (Wildman–Crippen LogP) is 2.42. The van der Waals surface area contributed by atoms with Gasteiger partial charge < -0.3 is 10.3 Å². The molecule has 4 heteroatoms. The topological polar surface area (TPSA) is 48.0 Å². The lowest BCUT2D eigenvalue weighted by atomic mass is 10.2. The van der Waals surface area contributed by atoms with Crippen molar-refractivity contribution in [3.05, 3.63) is 68.6 Å². The maximum atomic E-state index is 11.9. The normalized spacial score (nSPS) is 10.3. The number of thiophene rings is 1. The van der Waals surface area contributed by atoms with Crippen LogP contribution in [0.3, 0.4) is 0 Å². The Morgan fingerprint density at radius 2 is 2.10 bits per heavy atom. The van der Waals surface area contributed by atoms with E-state index >= 15 is 0 Å². The fourth-order valence-electron chi connectivity index (χ4n) is 2.25. The second kappa shape index (κ2) is 5.96. The third-order valence-electron chi connectivity index (χ3n) is 3.20. The minimum Gasteiger partial charge on any atom is -0.342 e. The molecule has 0 unspecified atom stereocenters. The van der Waals surface area contributed by atoms with Gasteiger partial charge in [-0.1, -0.05) is 24.0 Å². The molecule has 0 aliphatic heterocycles. The van der Waals surface area contributed by atoms with Gasteiger partial charge in [-0.15, -0.1) is 11.3 Å². The molecule has 21 heavy (non-hydrogen) atoms. The van der Waals surface area contributed by atoms with Crippen molar-refractivity contribution in [2.75, 3.05) is 6.54 Å². The van der Waals surface area contributed by atoms with Gasteiger partial charge in [0.15, 0.2) is 5.43 Å². The van der Waals surface area contributed by atoms with Crippen LogP contribution in [0.1, 0.15) is 10.4 Å². The lowest BCUT2D eigenvalue weighted by molar-refractivity contribution is 0.839. The van der Waals surface area contributed by atoms with Crippen LogP contribution in [0.15, 0.2) is 52.8 Å². The first-order chi connectivity index (χ1) is 10.3. The summed E-state index contributed by atoms with van der Waals surface area (Å²) in [7, 11) is 0. The zero-order valence-electron chi connectivity index (χ0n) is 11.4. The van der Waals surface area contributed by atoms with Gasteiger partial charge in [0.25, 0.3) is 0 Å². The number of para-hydroxylation sites is 1. The third-order valence-corrected chi connectivity index (χ3v) is 4.12. The summed E-state index contributed by atoms with van der Waals surface area (Å²) in [5.41, 5.74) is 7.38. The summed E-state index contributed by atoms with van der Waals surface area (Å²) >= 11 is 1.67. The smallest absolute Gasteiger partial charge is 0.189 e. The molecule has 3 nitrogen and oxygen atoms in total. The van der Waals surface area contributed by atoms with E-state index in [4.69, 9.17) is 5.73 Å². The number of fused-ring (bicyclic) bond motifs is 1. The summed E-state index contributed by atoms with van der Waals surface area (Å²) in [4.78, 5) is 13.1.